The van der Waals surface area contributed by atoms with Crippen molar-refractivity contribution in [3.63, 3.8) is 0 Å². The molecule has 0 atom stereocenters. The molecule has 0 heterocycles. The molecule has 2 aromatic rings. The van der Waals surface area contributed by atoms with E-state index in [1.54, 1.807) is 65.8 Å². The minimum Gasteiger partial charge on any atom is -0.497 e. The monoisotopic (exact) mass is 384 g/mol. The van der Waals surface area contributed by atoms with Crippen LogP contribution in [0.2, 0.25) is 0 Å². The van der Waals surface area contributed by atoms with Crippen LogP contribution in [0.5, 0.6) is 11.5 Å². The first kappa shape index (κ1) is 21.5. The van der Waals surface area contributed by atoms with Crippen LogP contribution < -0.4 is 9.47 Å². The van der Waals surface area contributed by atoms with Gasteiger partial charge in [0.2, 0.25) is 0 Å². The Balaban J connectivity index is 2.66. The van der Waals surface area contributed by atoms with Crippen LogP contribution in [0.15, 0.2) is 36.9 Å². The molecule has 5 nitrogen and oxygen atoms in total. The normalized spacial score (nSPS) is 11.8. The zero-order chi connectivity index (χ0) is 21.3. The van der Waals surface area contributed by atoms with Gasteiger partial charge in [-0.25, -0.2) is 0 Å². The highest BCUT2D eigenvalue weighted by Crippen LogP contribution is 2.39. The summed E-state index contributed by atoms with van der Waals surface area (Å²) in [4.78, 5) is 24.9. The quantitative estimate of drug-likeness (QED) is 0.403. The van der Waals surface area contributed by atoms with E-state index in [2.05, 4.69) is 6.58 Å². The van der Waals surface area contributed by atoms with E-state index in [-0.39, 0.29) is 11.9 Å². The van der Waals surface area contributed by atoms with E-state index in [9.17, 15) is 9.59 Å². The average Bonchev–Trinajstić information content (AvgIpc) is 2.59. The molecule has 2 rings (SSSR count). The lowest BCUT2D eigenvalue weighted by Gasteiger charge is -2.21. The van der Waals surface area contributed by atoms with E-state index >= 15 is 0 Å². The number of carbonyl (C=O) groups excluding carboxylic acids is 2. The summed E-state index contributed by atoms with van der Waals surface area (Å²) in [5.41, 5.74) is -0.773. The van der Waals surface area contributed by atoms with Crippen molar-refractivity contribution >= 4 is 28.5 Å². The van der Waals surface area contributed by atoms with Gasteiger partial charge in [0.15, 0.2) is 0 Å². The molecule has 0 saturated heterocycles. The Morgan fingerprint density at radius 2 is 1.39 bits per heavy atom. The maximum absolute atomic E-state index is 12.6. The third-order valence-corrected chi connectivity index (χ3v) is 4.14. The Labute approximate surface area is 166 Å². The number of ether oxygens (including phenoxy) is 3. The highest BCUT2D eigenvalue weighted by atomic mass is 16.5. The van der Waals surface area contributed by atoms with Gasteiger partial charge in [-0.1, -0.05) is 18.7 Å². The van der Waals surface area contributed by atoms with E-state index in [0.29, 0.717) is 33.6 Å². The van der Waals surface area contributed by atoms with Crippen LogP contribution in [0, 0.1) is 10.8 Å². The van der Waals surface area contributed by atoms with Gasteiger partial charge < -0.3 is 14.2 Å². The summed E-state index contributed by atoms with van der Waals surface area (Å²) in [6.45, 7) is 14.6. The average molecular weight is 384 g/mol. The number of benzene rings is 2. The second-order valence-corrected chi connectivity index (χ2v) is 8.70. The maximum Gasteiger partial charge on any atom is 0.316 e. The van der Waals surface area contributed by atoms with Crippen molar-refractivity contribution in [2.45, 2.75) is 41.5 Å². The van der Waals surface area contributed by atoms with Gasteiger partial charge in [-0.2, -0.15) is 0 Å². The maximum atomic E-state index is 12.6. The third kappa shape index (κ3) is 4.53. The molecule has 0 spiro atoms. The highest BCUT2D eigenvalue weighted by molar-refractivity contribution is 5.99. The molecule has 0 aromatic heterocycles. The van der Waals surface area contributed by atoms with Crippen molar-refractivity contribution in [3.05, 3.63) is 42.5 Å². The molecule has 0 aliphatic carbocycles. The molecule has 0 radical (unpaired) electrons. The molecule has 0 saturated carbocycles. The van der Waals surface area contributed by atoms with E-state index in [1.165, 1.54) is 7.11 Å². The molecular weight excluding hydrogens is 356 g/mol. The van der Waals surface area contributed by atoms with Gasteiger partial charge in [-0.15, -0.1) is 0 Å². The number of fused-ring (bicyclic) bond motifs is 1. The Bertz CT molecular complexity index is 926. The van der Waals surface area contributed by atoms with Gasteiger partial charge in [0.1, 0.15) is 17.3 Å². The van der Waals surface area contributed by atoms with Gasteiger partial charge in [0.25, 0.3) is 0 Å². The molecule has 0 fully saturated rings. The van der Waals surface area contributed by atoms with Gasteiger partial charge in [0, 0.05) is 10.8 Å². The number of hydrogen-bond donors (Lipinski definition) is 0. The first-order valence-corrected chi connectivity index (χ1v) is 9.10. The van der Waals surface area contributed by atoms with E-state index in [0.717, 1.165) is 0 Å². The number of hydrogen-bond acceptors (Lipinski definition) is 5. The summed E-state index contributed by atoms with van der Waals surface area (Å²) < 4.78 is 16.6. The summed E-state index contributed by atoms with van der Waals surface area (Å²) in [6.07, 6.45) is 0. The zero-order valence-electron chi connectivity index (χ0n) is 17.6. The molecule has 0 amide bonds. The Hall–Kier alpha value is -2.82. The molecule has 5 heteroatoms. The fourth-order valence-electron chi connectivity index (χ4n) is 2.33. The van der Waals surface area contributed by atoms with E-state index in [1.807, 2.05) is 6.07 Å². The number of carbonyl (C=O) groups is 2. The van der Waals surface area contributed by atoms with Crippen molar-refractivity contribution in [3.8, 4) is 11.5 Å². The molecule has 150 valence electrons. The largest absolute Gasteiger partial charge is 0.497 e. The third-order valence-electron chi connectivity index (χ3n) is 4.14. The lowest BCUT2D eigenvalue weighted by atomic mass is 9.96. The van der Waals surface area contributed by atoms with Crippen molar-refractivity contribution in [1.29, 1.82) is 0 Å². The lowest BCUT2D eigenvalue weighted by Crippen LogP contribution is -2.26. The Morgan fingerprint density at radius 1 is 0.821 bits per heavy atom. The van der Waals surface area contributed by atoms with Crippen LogP contribution in [-0.4, -0.2) is 19.0 Å². The second-order valence-electron chi connectivity index (χ2n) is 8.70. The van der Waals surface area contributed by atoms with Crippen molar-refractivity contribution in [1.82, 2.24) is 0 Å². The number of rotatable bonds is 4. The minimum absolute atomic E-state index is 0.331. The fourth-order valence-corrected chi connectivity index (χ4v) is 2.33. The van der Waals surface area contributed by atoms with Gasteiger partial charge in [0.05, 0.1) is 23.5 Å². The predicted octanol–water partition coefficient (Wildman–Crippen LogP) is 5.36. The zero-order valence-corrected chi connectivity index (χ0v) is 17.6. The first-order valence-electron chi connectivity index (χ1n) is 9.10. The summed E-state index contributed by atoms with van der Waals surface area (Å²) in [6, 6.07) is 8.82. The molecule has 0 N–H and O–H groups in total. The molecule has 2 aromatic carbocycles. The molecule has 0 bridgehead atoms. The van der Waals surface area contributed by atoms with Crippen LogP contribution >= 0.6 is 0 Å². The molecule has 0 aliphatic rings. The van der Waals surface area contributed by atoms with Crippen molar-refractivity contribution in [2.24, 2.45) is 10.8 Å². The second kappa shape index (κ2) is 7.66. The topological polar surface area (TPSA) is 61.8 Å². The van der Waals surface area contributed by atoms with Crippen LogP contribution in [0.4, 0.5) is 0 Å². The summed E-state index contributed by atoms with van der Waals surface area (Å²) in [7, 11) is 1.50. The Kier molecular flexibility index (Phi) is 5.88. The van der Waals surface area contributed by atoms with Crippen LogP contribution in [0.3, 0.4) is 0 Å². The standard InChI is InChI=1S/C23H28O5/c1-14(26-8)15-12-13-16-17(19(15)28-21(25)23(5,6)7)10-9-11-18(16)27-20(24)22(2,3)4/h9-13H,1H2,2-8H3. The molecule has 0 unspecified atom stereocenters. The summed E-state index contributed by atoms with van der Waals surface area (Å²) >= 11 is 0. The summed E-state index contributed by atoms with van der Waals surface area (Å²) in [5, 5.41) is 1.29. The lowest BCUT2D eigenvalue weighted by molar-refractivity contribution is -0.143. The number of methoxy groups -OCH3 is 1. The van der Waals surface area contributed by atoms with Crippen LogP contribution in [0.1, 0.15) is 47.1 Å². The van der Waals surface area contributed by atoms with Crippen LogP contribution in [0.25, 0.3) is 16.5 Å². The van der Waals surface area contributed by atoms with Crippen molar-refractivity contribution in [2.75, 3.05) is 7.11 Å². The van der Waals surface area contributed by atoms with Crippen molar-refractivity contribution < 1.29 is 23.8 Å². The summed E-state index contributed by atoms with van der Waals surface area (Å²) in [5.74, 6) is 0.370. The Morgan fingerprint density at radius 3 is 1.93 bits per heavy atom. The van der Waals surface area contributed by atoms with E-state index < -0.39 is 10.8 Å². The van der Waals surface area contributed by atoms with Gasteiger partial charge >= 0.3 is 11.9 Å². The minimum atomic E-state index is -0.690. The number of esters is 2. The highest BCUT2D eigenvalue weighted by Gasteiger charge is 2.28. The van der Waals surface area contributed by atoms with Gasteiger partial charge in [-0.3, -0.25) is 9.59 Å². The SMILES string of the molecule is C=C(OC)c1ccc2c(OC(=O)C(C)(C)C)cccc2c1OC(=O)C(C)(C)C. The van der Waals surface area contributed by atoms with Gasteiger partial charge in [-0.05, 0) is 59.7 Å². The van der Waals surface area contributed by atoms with E-state index in [4.69, 9.17) is 14.2 Å². The van der Waals surface area contributed by atoms with Crippen LogP contribution in [-0.2, 0) is 14.3 Å². The molecular formula is C23H28O5. The fraction of sp³-hybridized carbons (Fsp3) is 0.391. The molecule has 0 aliphatic heterocycles. The predicted molar refractivity (Wildman–Crippen MR) is 110 cm³/mol. The smallest absolute Gasteiger partial charge is 0.316 e. The first-order chi connectivity index (χ1) is 12.9. The molecule has 28 heavy (non-hydrogen) atoms.